The number of fused-ring (bicyclic) bond motifs is 1. The number of nitrogens with one attached hydrogen (secondary N) is 1. The molecule has 1 N–H and O–H groups in total. The van der Waals surface area contributed by atoms with Crippen molar-refractivity contribution < 1.29 is 13.9 Å². The highest BCUT2D eigenvalue weighted by molar-refractivity contribution is 6.02. The molecular weight excluding hydrogens is 316 g/mol. The van der Waals surface area contributed by atoms with Crippen LogP contribution < -0.4 is 10.1 Å². The number of carbonyl (C=O) groups excluding carboxylic acids is 1. The van der Waals surface area contributed by atoms with Crippen LogP contribution in [0, 0.1) is 11.3 Å². The van der Waals surface area contributed by atoms with Crippen molar-refractivity contribution in [2.24, 2.45) is 0 Å². The molecule has 3 rings (SSSR count). The van der Waals surface area contributed by atoms with Crippen LogP contribution in [-0.4, -0.2) is 13.0 Å². The highest BCUT2D eigenvalue weighted by atomic mass is 16.5. The molecule has 1 amide bonds. The Kier molecular flexibility index (Phi) is 5.20. The first-order chi connectivity index (χ1) is 12.2. The lowest BCUT2D eigenvalue weighted by atomic mass is 9.89. The lowest BCUT2D eigenvalue weighted by molar-refractivity contribution is -0.117. The van der Waals surface area contributed by atoms with Crippen LogP contribution in [0.15, 0.2) is 40.5 Å². The van der Waals surface area contributed by atoms with Crippen LogP contribution in [0.4, 0.5) is 0 Å². The first kappa shape index (κ1) is 16.8. The minimum atomic E-state index is -0.432. The van der Waals surface area contributed by atoms with Crippen LogP contribution in [0.2, 0.25) is 0 Å². The predicted molar refractivity (Wildman–Crippen MR) is 93.8 cm³/mol. The second-order valence-electron chi connectivity index (χ2n) is 6.00. The van der Waals surface area contributed by atoms with E-state index < -0.39 is 5.91 Å². The Morgan fingerprint density at radius 2 is 2.12 bits per heavy atom. The Hall–Kier alpha value is -3.00. The van der Waals surface area contributed by atoms with E-state index in [9.17, 15) is 10.1 Å². The zero-order chi connectivity index (χ0) is 17.6. The zero-order valence-corrected chi connectivity index (χ0v) is 14.2. The summed E-state index contributed by atoms with van der Waals surface area (Å²) in [6, 6.07) is 9.55. The molecular formula is C20H20N2O3. The van der Waals surface area contributed by atoms with Gasteiger partial charge in [0.2, 0.25) is 0 Å². The fourth-order valence-electron chi connectivity index (χ4n) is 3.05. The molecule has 1 aromatic carbocycles. The third-order valence-electron chi connectivity index (χ3n) is 4.36. The minimum Gasteiger partial charge on any atom is -0.496 e. The Labute approximate surface area is 146 Å². The predicted octanol–water partition coefficient (Wildman–Crippen LogP) is 3.39. The van der Waals surface area contributed by atoms with Crippen LogP contribution in [0.1, 0.15) is 35.3 Å². The number of nitrogens with zero attached hydrogens (tertiary/aromatic N) is 1. The topological polar surface area (TPSA) is 75.3 Å². The zero-order valence-electron chi connectivity index (χ0n) is 14.2. The highest BCUT2D eigenvalue weighted by Crippen LogP contribution is 2.30. The van der Waals surface area contributed by atoms with Crippen molar-refractivity contribution in [2.75, 3.05) is 7.11 Å². The summed E-state index contributed by atoms with van der Waals surface area (Å²) >= 11 is 0. The number of rotatable bonds is 5. The fourth-order valence-corrected chi connectivity index (χ4v) is 3.05. The lowest BCUT2D eigenvalue weighted by Gasteiger charge is -2.18. The average molecular weight is 336 g/mol. The molecule has 25 heavy (non-hydrogen) atoms. The van der Waals surface area contributed by atoms with Gasteiger partial charge in [0.1, 0.15) is 23.2 Å². The standard InChI is InChI=1S/C20H20N2O3/c1-24-19-11-15-6-3-2-5-14(15)9-16(19)10-17(12-21)20(23)22-13-18-7-4-8-25-18/h4,7-11H,2-3,5-6,13H2,1H3,(H,22,23). The molecule has 128 valence electrons. The summed E-state index contributed by atoms with van der Waals surface area (Å²) in [5, 5.41) is 12.1. The molecule has 5 heteroatoms. The minimum absolute atomic E-state index is 0.0422. The van der Waals surface area contributed by atoms with Gasteiger partial charge in [0.15, 0.2) is 0 Å². The number of benzene rings is 1. The molecule has 0 fully saturated rings. The molecule has 0 saturated carbocycles. The largest absolute Gasteiger partial charge is 0.496 e. The SMILES string of the molecule is COc1cc2c(cc1C=C(C#N)C(=O)NCc1ccco1)CCCC2. The van der Waals surface area contributed by atoms with Gasteiger partial charge in [-0.25, -0.2) is 0 Å². The van der Waals surface area contributed by atoms with Crippen LogP contribution in [0.5, 0.6) is 5.75 Å². The van der Waals surface area contributed by atoms with Crippen molar-refractivity contribution in [3.8, 4) is 11.8 Å². The number of carbonyl (C=O) groups is 1. The monoisotopic (exact) mass is 336 g/mol. The average Bonchev–Trinajstić information content (AvgIpc) is 3.17. The number of hydrogen-bond acceptors (Lipinski definition) is 4. The van der Waals surface area contributed by atoms with E-state index in [4.69, 9.17) is 9.15 Å². The first-order valence-electron chi connectivity index (χ1n) is 8.33. The summed E-state index contributed by atoms with van der Waals surface area (Å²) in [6.07, 6.45) is 7.55. The van der Waals surface area contributed by atoms with Crippen molar-refractivity contribution in [1.82, 2.24) is 5.32 Å². The Morgan fingerprint density at radius 3 is 2.76 bits per heavy atom. The van der Waals surface area contributed by atoms with Gasteiger partial charge in [0.05, 0.1) is 19.9 Å². The number of aryl methyl sites for hydroxylation is 2. The third kappa shape index (κ3) is 3.92. The van der Waals surface area contributed by atoms with Gasteiger partial charge in [-0.1, -0.05) is 0 Å². The molecule has 1 heterocycles. The molecule has 0 bridgehead atoms. The summed E-state index contributed by atoms with van der Waals surface area (Å²) < 4.78 is 10.6. The molecule has 1 aliphatic rings. The summed E-state index contributed by atoms with van der Waals surface area (Å²) in [4.78, 5) is 12.3. The second kappa shape index (κ2) is 7.71. The number of amides is 1. The van der Waals surface area contributed by atoms with E-state index in [1.807, 2.05) is 18.2 Å². The van der Waals surface area contributed by atoms with Gasteiger partial charge in [-0.3, -0.25) is 4.79 Å². The summed E-state index contributed by atoms with van der Waals surface area (Å²) in [6.45, 7) is 0.242. The third-order valence-corrected chi connectivity index (χ3v) is 4.36. The van der Waals surface area contributed by atoms with Crippen molar-refractivity contribution in [2.45, 2.75) is 32.2 Å². The van der Waals surface area contributed by atoms with E-state index in [1.165, 1.54) is 17.5 Å². The summed E-state index contributed by atoms with van der Waals surface area (Å²) in [5.41, 5.74) is 3.36. The highest BCUT2D eigenvalue weighted by Gasteiger charge is 2.15. The van der Waals surface area contributed by atoms with Crippen molar-refractivity contribution in [3.63, 3.8) is 0 Å². The van der Waals surface area contributed by atoms with Gasteiger partial charge in [-0.05, 0) is 67.2 Å². The Balaban J connectivity index is 1.83. The van der Waals surface area contributed by atoms with Crippen LogP contribution in [0.3, 0.4) is 0 Å². The number of methoxy groups -OCH3 is 1. The Bertz CT molecular complexity index is 829. The van der Waals surface area contributed by atoms with E-state index in [0.29, 0.717) is 11.5 Å². The quantitative estimate of drug-likeness (QED) is 0.671. The van der Waals surface area contributed by atoms with E-state index in [0.717, 1.165) is 24.8 Å². The lowest BCUT2D eigenvalue weighted by Crippen LogP contribution is -2.23. The molecule has 5 nitrogen and oxygen atoms in total. The number of nitriles is 1. The number of hydrogen-bond donors (Lipinski definition) is 1. The van der Waals surface area contributed by atoms with Crippen molar-refractivity contribution in [1.29, 1.82) is 5.26 Å². The molecule has 0 aliphatic heterocycles. The molecule has 0 atom stereocenters. The van der Waals surface area contributed by atoms with Crippen LogP contribution in [0.25, 0.3) is 6.08 Å². The molecule has 1 aromatic heterocycles. The second-order valence-corrected chi connectivity index (χ2v) is 6.00. The summed E-state index contributed by atoms with van der Waals surface area (Å²) in [7, 11) is 1.60. The maximum Gasteiger partial charge on any atom is 0.262 e. The van der Waals surface area contributed by atoms with Crippen LogP contribution in [-0.2, 0) is 24.2 Å². The molecule has 2 aromatic rings. The molecule has 0 spiro atoms. The number of furan rings is 1. The Morgan fingerprint density at radius 1 is 1.36 bits per heavy atom. The van der Waals surface area contributed by atoms with Gasteiger partial charge < -0.3 is 14.5 Å². The van der Waals surface area contributed by atoms with E-state index in [2.05, 4.69) is 5.32 Å². The van der Waals surface area contributed by atoms with Gasteiger partial charge in [-0.15, -0.1) is 0 Å². The maximum absolute atomic E-state index is 12.3. The van der Waals surface area contributed by atoms with Gasteiger partial charge in [0.25, 0.3) is 5.91 Å². The summed E-state index contributed by atoms with van der Waals surface area (Å²) in [5.74, 6) is 0.892. The van der Waals surface area contributed by atoms with E-state index in [1.54, 1.807) is 31.6 Å². The van der Waals surface area contributed by atoms with Crippen molar-refractivity contribution in [3.05, 3.63) is 58.6 Å². The molecule has 1 aliphatic carbocycles. The molecule has 0 radical (unpaired) electrons. The van der Waals surface area contributed by atoms with E-state index in [-0.39, 0.29) is 12.1 Å². The van der Waals surface area contributed by atoms with Crippen molar-refractivity contribution >= 4 is 12.0 Å². The van der Waals surface area contributed by atoms with Gasteiger partial charge >= 0.3 is 0 Å². The van der Waals surface area contributed by atoms with Gasteiger partial charge in [-0.2, -0.15) is 5.26 Å². The van der Waals surface area contributed by atoms with Gasteiger partial charge in [0, 0.05) is 5.56 Å². The normalized spacial score (nSPS) is 13.7. The fraction of sp³-hybridized carbons (Fsp3) is 0.300. The molecule has 0 saturated heterocycles. The smallest absolute Gasteiger partial charge is 0.262 e. The van der Waals surface area contributed by atoms with E-state index >= 15 is 0 Å². The first-order valence-corrected chi connectivity index (χ1v) is 8.33. The van der Waals surface area contributed by atoms with Crippen LogP contribution >= 0.6 is 0 Å². The number of ether oxygens (including phenoxy) is 1. The maximum atomic E-state index is 12.3. The molecule has 0 unspecified atom stereocenters.